The number of nitrogens with zero attached hydrogens (tertiary/aromatic N) is 7. The zero-order valence-electron chi connectivity index (χ0n) is 20.8. The second-order valence-corrected chi connectivity index (χ2v) is 9.52. The normalized spacial score (nSPS) is 18.1. The van der Waals surface area contributed by atoms with E-state index in [0.717, 1.165) is 12.1 Å². The van der Waals surface area contributed by atoms with Gasteiger partial charge in [0.25, 0.3) is 0 Å². The lowest BCUT2D eigenvalue weighted by atomic mass is 9.87. The third-order valence-electron chi connectivity index (χ3n) is 6.84. The molecule has 1 aromatic carbocycles. The van der Waals surface area contributed by atoms with Crippen LogP contribution in [-0.4, -0.2) is 61.2 Å². The lowest BCUT2D eigenvalue weighted by Crippen LogP contribution is -2.55. The third kappa shape index (κ3) is 4.59. The summed E-state index contributed by atoms with van der Waals surface area (Å²) in [5, 5.41) is 0. The van der Waals surface area contributed by atoms with E-state index in [1.807, 2.05) is 4.90 Å². The SMILES string of the molecule is COc1cc(F)c(-c2nc(Cn3cnc4c(N)ncnc43)c(N3CCC[C@](N)(CC(F)F)C3)n2C)cc1F. The molecule has 1 fully saturated rings. The molecule has 0 bridgehead atoms. The van der Waals surface area contributed by atoms with E-state index in [1.54, 1.807) is 16.2 Å². The maximum Gasteiger partial charge on any atom is 0.240 e. The van der Waals surface area contributed by atoms with Crippen LogP contribution in [0.25, 0.3) is 22.6 Å². The Bertz CT molecular complexity index is 1490. The predicted octanol–water partition coefficient (Wildman–Crippen LogP) is 3.10. The number of hydrogen-bond donors (Lipinski definition) is 2. The number of ether oxygens (including phenoxy) is 1. The zero-order chi connectivity index (χ0) is 27.2. The highest BCUT2D eigenvalue weighted by molar-refractivity contribution is 5.81. The van der Waals surface area contributed by atoms with Crippen molar-refractivity contribution in [3.63, 3.8) is 0 Å². The lowest BCUT2D eigenvalue weighted by Gasteiger charge is -2.41. The number of nitrogen functional groups attached to an aromatic ring is 1. The number of nitrogens with two attached hydrogens (primary N) is 2. The Morgan fingerprint density at radius 1 is 1.16 bits per heavy atom. The van der Waals surface area contributed by atoms with Crippen LogP contribution in [0.5, 0.6) is 5.75 Å². The van der Waals surface area contributed by atoms with Gasteiger partial charge in [0.1, 0.15) is 35.0 Å². The number of halogens is 4. The van der Waals surface area contributed by atoms with E-state index in [1.165, 1.54) is 19.8 Å². The van der Waals surface area contributed by atoms with Gasteiger partial charge in [-0.3, -0.25) is 0 Å². The Balaban J connectivity index is 1.63. The van der Waals surface area contributed by atoms with Crippen LogP contribution in [0.2, 0.25) is 0 Å². The first-order chi connectivity index (χ1) is 18.1. The number of alkyl halides is 2. The molecule has 1 aliphatic rings. The standard InChI is InChI=1S/C24H27F4N9O/c1-35-21(13-6-15(26)17(38-2)7-14(13)25)34-16(9-37-12-33-19-20(29)31-11-32-22(19)37)23(35)36-5-3-4-24(30,10-36)8-18(27)28/h6-7,11-12,18H,3-5,8-10,30H2,1-2H3,(H2,29,31,32)/t24-/m0/s1. The summed E-state index contributed by atoms with van der Waals surface area (Å²) in [6.07, 6.45) is 0.848. The minimum atomic E-state index is -2.56. The van der Waals surface area contributed by atoms with Gasteiger partial charge in [0.05, 0.1) is 25.5 Å². The number of hydrogen-bond acceptors (Lipinski definition) is 8. The van der Waals surface area contributed by atoms with Gasteiger partial charge in [0, 0.05) is 38.2 Å². The first-order valence-electron chi connectivity index (χ1n) is 11.9. The highest BCUT2D eigenvalue weighted by Gasteiger charge is 2.37. The number of methoxy groups -OCH3 is 1. The van der Waals surface area contributed by atoms with Crippen LogP contribution < -0.4 is 21.1 Å². The topological polar surface area (TPSA) is 126 Å². The number of imidazole rings is 2. The number of piperidine rings is 1. The van der Waals surface area contributed by atoms with Crippen molar-refractivity contribution in [2.75, 3.05) is 30.8 Å². The van der Waals surface area contributed by atoms with Crippen LogP contribution in [0.4, 0.5) is 29.2 Å². The van der Waals surface area contributed by atoms with Gasteiger partial charge in [0.15, 0.2) is 23.0 Å². The Morgan fingerprint density at radius 3 is 2.68 bits per heavy atom. The van der Waals surface area contributed by atoms with E-state index < -0.39 is 30.0 Å². The number of rotatable bonds is 7. The highest BCUT2D eigenvalue weighted by Crippen LogP contribution is 2.36. The van der Waals surface area contributed by atoms with Crippen molar-refractivity contribution in [2.45, 2.75) is 37.8 Å². The van der Waals surface area contributed by atoms with Crippen LogP contribution >= 0.6 is 0 Å². The molecule has 4 N–H and O–H groups in total. The van der Waals surface area contributed by atoms with E-state index in [2.05, 4.69) is 19.9 Å². The third-order valence-corrected chi connectivity index (χ3v) is 6.84. The molecular weight excluding hydrogens is 506 g/mol. The molecule has 0 radical (unpaired) electrons. The van der Waals surface area contributed by atoms with Crippen molar-refractivity contribution < 1.29 is 22.3 Å². The van der Waals surface area contributed by atoms with Crippen molar-refractivity contribution in [2.24, 2.45) is 12.8 Å². The van der Waals surface area contributed by atoms with Crippen LogP contribution in [0.15, 0.2) is 24.8 Å². The molecular formula is C24H27F4N9O. The molecule has 38 heavy (non-hydrogen) atoms. The van der Waals surface area contributed by atoms with Gasteiger partial charge in [-0.25, -0.2) is 37.5 Å². The molecule has 14 heteroatoms. The van der Waals surface area contributed by atoms with Crippen LogP contribution in [-0.2, 0) is 13.6 Å². The summed E-state index contributed by atoms with van der Waals surface area (Å²) < 4.78 is 64.5. The summed E-state index contributed by atoms with van der Waals surface area (Å²) >= 11 is 0. The van der Waals surface area contributed by atoms with Gasteiger partial charge in [-0.05, 0) is 18.9 Å². The van der Waals surface area contributed by atoms with E-state index >= 15 is 4.39 Å². The van der Waals surface area contributed by atoms with Crippen molar-refractivity contribution in [3.05, 3.63) is 42.1 Å². The molecule has 3 aromatic heterocycles. The fourth-order valence-corrected chi connectivity index (χ4v) is 5.14. The average molecular weight is 534 g/mol. The number of anilines is 2. The summed E-state index contributed by atoms with van der Waals surface area (Å²) in [5.41, 5.74) is 12.4. The van der Waals surface area contributed by atoms with E-state index in [9.17, 15) is 13.2 Å². The van der Waals surface area contributed by atoms with E-state index in [-0.39, 0.29) is 36.0 Å². The van der Waals surface area contributed by atoms with Crippen LogP contribution in [0.1, 0.15) is 25.0 Å². The van der Waals surface area contributed by atoms with Crippen LogP contribution in [0.3, 0.4) is 0 Å². The van der Waals surface area contributed by atoms with Crippen LogP contribution in [0, 0.1) is 11.6 Å². The molecule has 1 atom stereocenters. The zero-order valence-corrected chi connectivity index (χ0v) is 20.8. The number of fused-ring (bicyclic) bond motifs is 1. The second kappa shape index (κ2) is 9.74. The Morgan fingerprint density at radius 2 is 1.95 bits per heavy atom. The molecule has 0 amide bonds. The summed E-state index contributed by atoms with van der Waals surface area (Å²) in [5.74, 6) is -0.814. The molecule has 5 rings (SSSR count). The molecule has 4 heterocycles. The maximum absolute atomic E-state index is 15.1. The van der Waals surface area contributed by atoms with Gasteiger partial charge < -0.3 is 30.2 Å². The van der Waals surface area contributed by atoms with Crippen molar-refractivity contribution >= 4 is 22.8 Å². The first-order valence-corrected chi connectivity index (χ1v) is 11.9. The predicted molar refractivity (Wildman–Crippen MR) is 133 cm³/mol. The minimum absolute atomic E-state index is 0.0797. The Hall–Kier alpha value is -3.94. The van der Waals surface area contributed by atoms with Crippen molar-refractivity contribution in [3.8, 4) is 17.1 Å². The van der Waals surface area contributed by atoms with E-state index in [4.69, 9.17) is 16.2 Å². The monoisotopic (exact) mass is 533 g/mol. The summed E-state index contributed by atoms with van der Waals surface area (Å²) in [6.45, 7) is 0.801. The quantitative estimate of drug-likeness (QED) is 0.347. The van der Waals surface area contributed by atoms with Crippen molar-refractivity contribution in [1.82, 2.24) is 29.1 Å². The molecule has 202 valence electrons. The Labute approximate surface area is 215 Å². The van der Waals surface area contributed by atoms with Gasteiger partial charge in [-0.1, -0.05) is 0 Å². The second-order valence-electron chi connectivity index (χ2n) is 9.52. The highest BCUT2D eigenvalue weighted by atomic mass is 19.3. The molecule has 0 saturated carbocycles. The van der Waals surface area contributed by atoms with Gasteiger partial charge in [-0.2, -0.15) is 0 Å². The average Bonchev–Trinajstić information content (AvgIpc) is 3.41. The smallest absolute Gasteiger partial charge is 0.240 e. The van der Waals surface area contributed by atoms with Gasteiger partial charge >= 0.3 is 0 Å². The summed E-state index contributed by atoms with van der Waals surface area (Å²) in [6, 6.07) is 1.97. The molecule has 4 aromatic rings. The first kappa shape index (κ1) is 25.7. The number of aromatic nitrogens is 6. The molecule has 1 saturated heterocycles. The molecule has 0 unspecified atom stereocenters. The van der Waals surface area contributed by atoms with E-state index in [0.29, 0.717) is 42.1 Å². The molecule has 1 aliphatic heterocycles. The number of benzene rings is 1. The fraction of sp³-hybridized carbons (Fsp3) is 0.417. The largest absolute Gasteiger partial charge is 0.494 e. The minimum Gasteiger partial charge on any atom is -0.494 e. The van der Waals surface area contributed by atoms with Gasteiger partial charge in [0.2, 0.25) is 6.43 Å². The van der Waals surface area contributed by atoms with Crippen molar-refractivity contribution in [1.29, 1.82) is 0 Å². The molecule has 10 nitrogen and oxygen atoms in total. The lowest BCUT2D eigenvalue weighted by molar-refractivity contribution is 0.0982. The molecule has 0 spiro atoms. The summed E-state index contributed by atoms with van der Waals surface area (Å²) in [7, 11) is 2.91. The maximum atomic E-state index is 15.1. The Kier molecular flexibility index (Phi) is 6.59. The fourth-order valence-electron chi connectivity index (χ4n) is 5.14. The summed E-state index contributed by atoms with van der Waals surface area (Å²) in [4.78, 5) is 19.1. The molecule has 0 aliphatic carbocycles. The van der Waals surface area contributed by atoms with Gasteiger partial charge in [-0.15, -0.1) is 0 Å².